The van der Waals surface area contributed by atoms with E-state index in [-0.39, 0.29) is 5.91 Å². The summed E-state index contributed by atoms with van der Waals surface area (Å²) in [6, 6.07) is 8.41. The van der Waals surface area contributed by atoms with Gasteiger partial charge in [-0.3, -0.25) is 4.79 Å². The van der Waals surface area contributed by atoms with Gasteiger partial charge in [-0.05, 0) is 30.4 Å². The van der Waals surface area contributed by atoms with E-state index in [4.69, 9.17) is 5.73 Å². The van der Waals surface area contributed by atoms with Crippen molar-refractivity contribution in [1.82, 2.24) is 4.90 Å². The van der Waals surface area contributed by atoms with Gasteiger partial charge in [0.05, 0.1) is 5.54 Å². The Labute approximate surface area is 114 Å². The average Bonchev–Trinajstić information content (AvgIpc) is 2.47. The third kappa shape index (κ3) is 2.39. The van der Waals surface area contributed by atoms with Crippen molar-refractivity contribution in [1.29, 1.82) is 0 Å². The molecule has 3 heteroatoms. The van der Waals surface area contributed by atoms with E-state index in [1.54, 1.807) is 0 Å². The van der Waals surface area contributed by atoms with Crippen molar-refractivity contribution < 1.29 is 4.79 Å². The fraction of sp³-hybridized carbons (Fsp3) is 0.562. The molecule has 0 spiro atoms. The first-order valence-electron chi connectivity index (χ1n) is 7.34. The highest BCUT2D eigenvalue weighted by molar-refractivity contribution is 5.86. The molecule has 1 aromatic carbocycles. The monoisotopic (exact) mass is 258 g/mol. The lowest BCUT2D eigenvalue weighted by Gasteiger charge is -2.38. The number of rotatable bonds is 1. The molecule has 0 saturated heterocycles. The lowest BCUT2D eigenvalue weighted by molar-refractivity contribution is -0.139. The minimum absolute atomic E-state index is 0.168. The lowest BCUT2D eigenvalue weighted by Crippen LogP contribution is -2.57. The minimum atomic E-state index is -0.593. The zero-order valence-corrected chi connectivity index (χ0v) is 11.4. The minimum Gasteiger partial charge on any atom is -0.336 e. The standard InChI is InChI=1S/C16H22N2O/c17-16(9-4-1-5-10-16)15(19)18-11-8-13-6-2-3-7-14(13)12-18/h2-3,6-7H,1,4-5,8-12,17H2. The molecule has 1 fully saturated rings. The van der Waals surface area contributed by atoms with Crippen molar-refractivity contribution in [3.05, 3.63) is 35.4 Å². The third-order valence-electron chi connectivity index (χ3n) is 4.59. The number of nitrogens with zero attached hydrogens (tertiary/aromatic N) is 1. The van der Waals surface area contributed by atoms with Crippen molar-refractivity contribution in [2.45, 2.75) is 50.6 Å². The lowest BCUT2D eigenvalue weighted by atomic mass is 9.81. The van der Waals surface area contributed by atoms with Gasteiger partial charge in [0.1, 0.15) is 0 Å². The summed E-state index contributed by atoms with van der Waals surface area (Å²) < 4.78 is 0. The van der Waals surface area contributed by atoms with Crippen LogP contribution in [0.25, 0.3) is 0 Å². The average molecular weight is 258 g/mol. The Kier molecular flexibility index (Phi) is 3.31. The summed E-state index contributed by atoms with van der Waals surface area (Å²) in [5.41, 5.74) is 8.42. The van der Waals surface area contributed by atoms with Crippen LogP contribution in [-0.2, 0) is 17.8 Å². The highest BCUT2D eigenvalue weighted by atomic mass is 16.2. The Balaban J connectivity index is 1.75. The summed E-state index contributed by atoms with van der Waals surface area (Å²) in [6.07, 6.45) is 6.06. The predicted octanol–water partition coefficient (Wildman–Crippen LogP) is 2.23. The molecule has 1 aliphatic carbocycles. The van der Waals surface area contributed by atoms with Gasteiger partial charge in [0.25, 0.3) is 0 Å². The normalized spacial score (nSPS) is 21.8. The van der Waals surface area contributed by atoms with Crippen LogP contribution < -0.4 is 5.73 Å². The summed E-state index contributed by atoms with van der Waals surface area (Å²) in [5, 5.41) is 0. The summed E-state index contributed by atoms with van der Waals surface area (Å²) in [6.45, 7) is 1.54. The Hall–Kier alpha value is -1.35. The topological polar surface area (TPSA) is 46.3 Å². The van der Waals surface area contributed by atoms with Crippen LogP contribution >= 0.6 is 0 Å². The molecule has 2 aliphatic rings. The highest BCUT2D eigenvalue weighted by Crippen LogP contribution is 2.29. The van der Waals surface area contributed by atoms with Crippen LogP contribution in [-0.4, -0.2) is 22.9 Å². The number of hydrogen-bond donors (Lipinski definition) is 1. The molecule has 2 N–H and O–H groups in total. The van der Waals surface area contributed by atoms with E-state index in [1.165, 1.54) is 17.5 Å². The fourth-order valence-corrected chi connectivity index (χ4v) is 3.38. The quantitative estimate of drug-likeness (QED) is 0.839. The molecule has 1 aromatic rings. The number of carbonyl (C=O) groups excluding carboxylic acids is 1. The smallest absolute Gasteiger partial charge is 0.242 e. The second-order valence-electron chi connectivity index (χ2n) is 5.96. The third-order valence-corrected chi connectivity index (χ3v) is 4.59. The SMILES string of the molecule is NC1(C(=O)N2CCc3ccccc3C2)CCCCC1. The predicted molar refractivity (Wildman–Crippen MR) is 75.6 cm³/mol. The van der Waals surface area contributed by atoms with E-state index in [0.29, 0.717) is 0 Å². The zero-order chi connectivity index (χ0) is 13.3. The highest BCUT2D eigenvalue weighted by Gasteiger charge is 2.39. The molecule has 0 radical (unpaired) electrons. The summed E-state index contributed by atoms with van der Waals surface area (Å²) in [5.74, 6) is 0.168. The van der Waals surface area contributed by atoms with Gasteiger partial charge in [-0.25, -0.2) is 0 Å². The van der Waals surface area contributed by atoms with Gasteiger partial charge >= 0.3 is 0 Å². The zero-order valence-electron chi connectivity index (χ0n) is 11.4. The number of amides is 1. The van der Waals surface area contributed by atoms with E-state index in [0.717, 1.165) is 45.2 Å². The van der Waals surface area contributed by atoms with Gasteiger partial charge in [-0.2, -0.15) is 0 Å². The Morgan fingerprint density at radius 3 is 2.53 bits per heavy atom. The molecule has 102 valence electrons. The molecule has 19 heavy (non-hydrogen) atoms. The Bertz CT molecular complexity index is 477. The maximum atomic E-state index is 12.7. The van der Waals surface area contributed by atoms with Crippen molar-refractivity contribution in [2.75, 3.05) is 6.54 Å². The van der Waals surface area contributed by atoms with E-state index in [9.17, 15) is 4.79 Å². The molecular formula is C16H22N2O. The van der Waals surface area contributed by atoms with Crippen LogP contribution in [0.2, 0.25) is 0 Å². The van der Waals surface area contributed by atoms with Gasteiger partial charge < -0.3 is 10.6 Å². The van der Waals surface area contributed by atoms with Crippen LogP contribution in [0.1, 0.15) is 43.2 Å². The van der Waals surface area contributed by atoms with Crippen molar-refractivity contribution in [3.8, 4) is 0 Å². The summed E-state index contributed by atoms with van der Waals surface area (Å²) >= 11 is 0. The number of nitrogens with two attached hydrogens (primary N) is 1. The largest absolute Gasteiger partial charge is 0.336 e. The molecule has 1 saturated carbocycles. The van der Waals surface area contributed by atoms with Gasteiger partial charge in [0, 0.05) is 13.1 Å². The Morgan fingerprint density at radius 2 is 1.79 bits per heavy atom. The van der Waals surface area contributed by atoms with E-state index >= 15 is 0 Å². The number of carbonyl (C=O) groups is 1. The summed E-state index contributed by atoms with van der Waals surface area (Å²) in [4.78, 5) is 14.7. The van der Waals surface area contributed by atoms with Gasteiger partial charge in [0.2, 0.25) is 5.91 Å². The Morgan fingerprint density at radius 1 is 1.11 bits per heavy atom. The molecular weight excluding hydrogens is 236 g/mol. The number of hydrogen-bond acceptors (Lipinski definition) is 2. The van der Waals surface area contributed by atoms with E-state index in [2.05, 4.69) is 18.2 Å². The molecule has 0 aromatic heterocycles. The maximum Gasteiger partial charge on any atom is 0.242 e. The molecule has 0 bridgehead atoms. The molecule has 1 amide bonds. The molecule has 0 unspecified atom stereocenters. The van der Waals surface area contributed by atoms with Gasteiger partial charge in [-0.15, -0.1) is 0 Å². The van der Waals surface area contributed by atoms with Crippen LogP contribution in [0.15, 0.2) is 24.3 Å². The molecule has 1 aliphatic heterocycles. The van der Waals surface area contributed by atoms with Crippen LogP contribution in [0.5, 0.6) is 0 Å². The maximum absolute atomic E-state index is 12.7. The first-order chi connectivity index (χ1) is 9.19. The number of benzene rings is 1. The van der Waals surface area contributed by atoms with Crippen LogP contribution in [0, 0.1) is 0 Å². The second kappa shape index (κ2) is 4.97. The number of fused-ring (bicyclic) bond motifs is 1. The van der Waals surface area contributed by atoms with Crippen LogP contribution in [0.4, 0.5) is 0 Å². The molecule has 3 nitrogen and oxygen atoms in total. The molecule has 3 rings (SSSR count). The fourth-order valence-electron chi connectivity index (χ4n) is 3.38. The van der Waals surface area contributed by atoms with E-state index < -0.39 is 5.54 Å². The first-order valence-corrected chi connectivity index (χ1v) is 7.34. The van der Waals surface area contributed by atoms with Crippen molar-refractivity contribution in [3.63, 3.8) is 0 Å². The van der Waals surface area contributed by atoms with Crippen LogP contribution in [0.3, 0.4) is 0 Å². The van der Waals surface area contributed by atoms with Gasteiger partial charge in [-0.1, -0.05) is 43.5 Å². The first kappa shape index (κ1) is 12.7. The van der Waals surface area contributed by atoms with Gasteiger partial charge in [0.15, 0.2) is 0 Å². The molecule has 0 atom stereocenters. The van der Waals surface area contributed by atoms with Crippen molar-refractivity contribution in [2.24, 2.45) is 5.73 Å². The summed E-state index contributed by atoms with van der Waals surface area (Å²) in [7, 11) is 0. The second-order valence-corrected chi connectivity index (χ2v) is 5.96. The molecule has 1 heterocycles. The van der Waals surface area contributed by atoms with E-state index in [1.807, 2.05) is 11.0 Å². The van der Waals surface area contributed by atoms with Crippen molar-refractivity contribution >= 4 is 5.91 Å².